The number of nitrogens with zero attached hydrogens (tertiary/aromatic N) is 2. The van der Waals surface area contributed by atoms with Gasteiger partial charge < -0.3 is 9.29 Å². The lowest BCUT2D eigenvalue weighted by Crippen LogP contribution is -2.40. The number of aromatic nitrogens is 2. The van der Waals surface area contributed by atoms with Crippen molar-refractivity contribution in [1.82, 2.24) is 14.3 Å². The van der Waals surface area contributed by atoms with Crippen molar-refractivity contribution in [3.63, 3.8) is 0 Å². The zero-order chi connectivity index (χ0) is 21.6. The smallest absolute Gasteiger partial charge is 0.261 e. The second-order valence-corrected chi connectivity index (χ2v) is 11.3. The fraction of sp³-hybridized carbons (Fsp3) is 0.636. The summed E-state index contributed by atoms with van der Waals surface area (Å²) in [7, 11) is 0. The Balaban J connectivity index is 1.85. The van der Waals surface area contributed by atoms with Crippen LogP contribution < -0.4 is 10.3 Å². The van der Waals surface area contributed by atoms with Crippen LogP contribution in [0.3, 0.4) is 0 Å². The Hall–Kier alpha value is -1.48. The van der Waals surface area contributed by atoms with E-state index in [1.165, 1.54) is 12.1 Å². The molecule has 2 fully saturated rings. The molecule has 2 aliphatic rings. The number of ether oxygens (including phenoxy) is 1. The number of benzene rings is 1. The Labute approximate surface area is 179 Å². The minimum absolute atomic E-state index is 0.116. The number of hydrogen-bond acceptors (Lipinski definition) is 5. The minimum atomic E-state index is -1.34. The molecular weight excluding hydrogens is 405 g/mol. The Bertz CT molecular complexity index is 994. The van der Waals surface area contributed by atoms with E-state index in [2.05, 4.69) is 4.72 Å². The largest absolute Gasteiger partial charge is 0.598 e. The number of rotatable bonds is 5. The van der Waals surface area contributed by atoms with Crippen molar-refractivity contribution in [2.24, 2.45) is 0 Å². The fourth-order valence-corrected chi connectivity index (χ4v) is 4.70. The molecule has 1 aliphatic heterocycles. The van der Waals surface area contributed by atoms with Gasteiger partial charge in [-0.3, -0.25) is 9.36 Å². The molecule has 0 spiro atoms. The number of halogens is 1. The van der Waals surface area contributed by atoms with E-state index in [1.54, 1.807) is 4.57 Å². The molecule has 0 radical (unpaired) electrons. The van der Waals surface area contributed by atoms with E-state index >= 15 is 0 Å². The standard InChI is InChI=1S/C22H30FN3O3S/c1-13(25-30(28)22(2,3)4)16-11-14(23)12-17-19(16)24-20(18-7-5-6-10-29-18)26(21(17)27)15-8-9-15/h11-13,15,18,25H,5-10H2,1-4H3/t13-,18+,30?/m1/s1. The van der Waals surface area contributed by atoms with Gasteiger partial charge in [0, 0.05) is 29.6 Å². The lowest BCUT2D eigenvalue weighted by atomic mass is 10.0. The van der Waals surface area contributed by atoms with Crippen molar-refractivity contribution in [2.45, 2.75) is 82.7 Å². The molecule has 8 heteroatoms. The molecule has 3 atom stereocenters. The summed E-state index contributed by atoms with van der Waals surface area (Å²) in [5, 5.41) is 0.270. The topological polar surface area (TPSA) is 79.2 Å². The van der Waals surface area contributed by atoms with Crippen molar-refractivity contribution in [1.29, 1.82) is 0 Å². The molecule has 4 rings (SSSR count). The van der Waals surface area contributed by atoms with Gasteiger partial charge in [0.05, 0.1) is 16.9 Å². The highest BCUT2D eigenvalue weighted by atomic mass is 32.2. The van der Waals surface area contributed by atoms with Gasteiger partial charge in [-0.05, 0) is 71.9 Å². The highest BCUT2D eigenvalue weighted by molar-refractivity contribution is 7.90. The average Bonchev–Trinajstić information content (AvgIpc) is 3.52. The summed E-state index contributed by atoms with van der Waals surface area (Å²) in [6, 6.07) is 2.34. The number of fused-ring (bicyclic) bond motifs is 1. The SMILES string of the molecule is C[C@@H](N[S+]([O-])C(C)(C)C)c1cc(F)cc2c(=O)n(C3CC3)c([C@@H]3CCCCO3)nc12. The summed E-state index contributed by atoms with van der Waals surface area (Å²) in [4.78, 5) is 18.3. The predicted octanol–water partition coefficient (Wildman–Crippen LogP) is 4.22. The van der Waals surface area contributed by atoms with Crippen LogP contribution in [0, 0.1) is 5.82 Å². The minimum Gasteiger partial charge on any atom is -0.598 e. The lowest BCUT2D eigenvalue weighted by Gasteiger charge is -2.28. The van der Waals surface area contributed by atoms with Gasteiger partial charge in [-0.25, -0.2) is 9.37 Å². The van der Waals surface area contributed by atoms with Gasteiger partial charge in [0.2, 0.25) is 0 Å². The van der Waals surface area contributed by atoms with Crippen molar-refractivity contribution in [2.75, 3.05) is 6.61 Å². The van der Waals surface area contributed by atoms with Crippen LogP contribution in [0.4, 0.5) is 4.39 Å². The summed E-state index contributed by atoms with van der Waals surface area (Å²) < 4.78 is 37.4. The first kappa shape index (κ1) is 21.7. The first-order chi connectivity index (χ1) is 14.2. The van der Waals surface area contributed by atoms with Crippen LogP contribution >= 0.6 is 0 Å². The second kappa shape index (κ2) is 8.22. The van der Waals surface area contributed by atoms with Crippen molar-refractivity contribution in [3.05, 3.63) is 39.7 Å². The van der Waals surface area contributed by atoms with E-state index in [4.69, 9.17) is 9.72 Å². The Kier molecular flexibility index (Phi) is 5.96. The van der Waals surface area contributed by atoms with Crippen LogP contribution in [0.1, 0.15) is 89.4 Å². The van der Waals surface area contributed by atoms with Crippen LogP contribution in [0.15, 0.2) is 16.9 Å². The molecule has 1 aliphatic carbocycles. The highest BCUT2D eigenvalue weighted by Crippen LogP contribution is 2.38. The van der Waals surface area contributed by atoms with Crippen LogP contribution in [0.25, 0.3) is 10.9 Å². The van der Waals surface area contributed by atoms with Gasteiger partial charge in [-0.15, -0.1) is 4.72 Å². The maximum absolute atomic E-state index is 14.5. The first-order valence-corrected chi connectivity index (χ1v) is 11.9. The van der Waals surface area contributed by atoms with Gasteiger partial charge in [0.25, 0.3) is 5.56 Å². The molecule has 1 N–H and O–H groups in total. The van der Waals surface area contributed by atoms with E-state index < -0.39 is 28.0 Å². The van der Waals surface area contributed by atoms with Gasteiger partial charge in [-0.2, -0.15) is 0 Å². The van der Waals surface area contributed by atoms with E-state index in [0.29, 0.717) is 23.5 Å². The Morgan fingerprint density at radius 1 is 1.30 bits per heavy atom. The summed E-state index contributed by atoms with van der Waals surface area (Å²) >= 11 is -1.34. The molecule has 2 aromatic rings. The van der Waals surface area contributed by atoms with Gasteiger partial charge in [-0.1, -0.05) is 0 Å². The normalized spacial score (nSPS) is 22.3. The Morgan fingerprint density at radius 3 is 2.63 bits per heavy atom. The van der Waals surface area contributed by atoms with Crippen molar-refractivity contribution in [3.8, 4) is 0 Å². The predicted molar refractivity (Wildman–Crippen MR) is 116 cm³/mol. The van der Waals surface area contributed by atoms with Gasteiger partial charge in [0.1, 0.15) is 22.5 Å². The Morgan fingerprint density at radius 2 is 2.03 bits per heavy atom. The number of nitrogens with one attached hydrogen (secondary N) is 1. The molecule has 1 unspecified atom stereocenters. The van der Waals surface area contributed by atoms with Crippen LogP contribution in [0.2, 0.25) is 0 Å². The van der Waals surface area contributed by atoms with E-state index in [9.17, 15) is 13.7 Å². The summed E-state index contributed by atoms with van der Waals surface area (Å²) in [6.07, 6.45) is 4.50. The zero-order valence-corrected chi connectivity index (χ0v) is 18.9. The molecule has 2 heterocycles. The maximum Gasteiger partial charge on any atom is 0.261 e. The molecule has 1 saturated heterocycles. The molecule has 1 aromatic heterocycles. The highest BCUT2D eigenvalue weighted by Gasteiger charge is 2.34. The van der Waals surface area contributed by atoms with Gasteiger partial charge >= 0.3 is 0 Å². The van der Waals surface area contributed by atoms with Crippen LogP contribution in [-0.2, 0) is 16.1 Å². The quantitative estimate of drug-likeness (QED) is 0.711. The average molecular weight is 436 g/mol. The molecule has 0 amide bonds. The van der Waals surface area contributed by atoms with E-state index in [0.717, 1.165) is 32.1 Å². The maximum atomic E-state index is 14.5. The lowest BCUT2D eigenvalue weighted by molar-refractivity contribution is 0.00660. The first-order valence-electron chi connectivity index (χ1n) is 10.7. The third kappa shape index (κ3) is 4.28. The van der Waals surface area contributed by atoms with Crippen LogP contribution in [0.5, 0.6) is 0 Å². The molecule has 1 saturated carbocycles. The summed E-state index contributed by atoms with van der Waals surface area (Å²) in [5.74, 6) is 0.155. The summed E-state index contributed by atoms with van der Waals surface area (Å²) in [5.41, 5.74) is 0.796. The van der Waals surface area contributed by atoms with E-state index in [1.807, 2.05) is 27.7 Å². The molecule has 1 aromatic carbocycles. The van der Waals surface area contributed by atoms with Crippen LogP contribution in [-0.4, -0.2) is 25.5 Å². The summed E-state index contributed by atoms with van der Waals surface area (Å²) in [6.45, 7) is 8.09. The third-order valence-corrected chi connectivity index (χ3v) is 7.39. The number of hydrogen-bond donors (Lipinski definition) is 1. The van der Waals surface area contributed by atoms with Gasteiger partial charge in [0.15, 0.2) is 0 Å². The van der Waals surface area contributed by atoms with E-state index in [-0.39, 0.29) is 23.1 Å². The fourth-order valence-electron chi connectivity index (χ4n) is 3.90. The molecule has 164 valence electrons. The third-order valence-electron chi connectivity index (χ3n) is 5.71. The zero-order valence-electron chi connectivity index (χ0n) is 18.0. The molecule has 30 heavy (non-hydrogen) atoms. The molecular formula is C22H30FN3O3S. The molecule has 0 bridgehead atoms. The van der Waals surface area contributed by atoms with Crippen molar-refractivity contribution < 1.29 is 13.7 Å². The molecule has 6 nitrogen and oxygen atoms in total. The second-order valence-electron chi connectivity index (χ2n) is 9.34. The van der Waals surface area contributed by atoms with Crippen molar-refractivity contribution >= 4 is 22.3 Å². The monoisotopic (exact) mass is 435 g/mol.